The van der Waals surface area contributed by atoms with Crippen LogP contribution in [0.4, 0.5) is 0 Å². The number of carbonyl (C=O) groups is 2. The first-order valence-electron chi connectivity index (χ1n) is 3.98. The van der Waals surface area contributed by atoms with Crippen LogP contribution in [-0.2, 0) is 14.3 Å². The largest absolute Gasteiger partial charge is 0.359 e. The van der Waals surface area contributed by atoms with Crippen LogP contribution in [0.2, 0.25) is 0 Å². The number of ketones is 2. The second kappa shape index (κ2) is 6.20. The van der Waals surface area contributed by atoms with Crippen LogP contribution in [-0.4, -0.2) is 30.4 Å². The molecule has 14 heavy (non-hydrogen) atoms. The van der Waals surface area contributed by atoms with E-state index in [-0.39, 0.29) is 6.61 Å². The van der Waals surface area contributed by atoms with Crippen LogP contribution in [0.15, 0.2) is 25.3 Å². The fraction of sp³-hybridized carbons (Fsp3) is 0.333. The number of ether oxygens (including phenoxy) is 1. The fourth-order valence-corrected chi connectivity index (χ4v) is 0.726. The van der Waals surface area contributed by atoms with Crippen molar-refractivity contribution in [2.75, 3.05) is 6.61 Å². The van der Waals surface area contributed by atoms with E-state index in [1.165, 1.54) is 0 Å². The standard InChI is InChI=1S/C9H14N2O3/c1-3-6(12)9(7(13)4-2)14-5-8(10)11/h3-4,8-9H,1-2,5,10-11H2. The molecule has 5 heteroatoms. The summed E-state index contributed by atoms with van der Waals surface area (Å²) in [4.78, 5) is 22.3. The lowest BCUT2D eigenvalue weighted by molar-refractivity contribution is -0.137. The molecule has 0 saturated carbocycles. The van der Waals surface area contributed by atoms with Gasteiger partial charge in [0.1, 0.15) is 0 Å². The number of rotatable bonds is 7. The van der Waals surface area contributed by atoms with Crippen molar-refractivity contribution in [2.24, 2.45) is 11.5 Å². The molecule has 0 radical (unpaired) electrons. The van der Waals surface area contributed by atoms with E-state index in [0.717, 1.165) is 12.2 Å². The van der Waals surface area contributed by atoms with E-state index in [2.05, 4.69) is 13.2 Å². The summed E-state index contributed by atoms with van der Waals surface area (Å²) < 4.78 is 4.92. The topological polar surface area (TPSA) is 95.4 Å². The van der Waals surface area contributed by atoms with Crippen molar-refractivity contribution in [3.8, 4) is 0 Å². The average Bonchev–Trinajstić information content (AvgIpc) is 2.16. The van der Waals surface area contributed by atoms with Gasteiger partial charge in [-0.05, 0) is 12.2 Å². The van der Waals surface area contributed by atoms with E-state index in [1.807, 2.05) is 0 Å². The summed E-state index contributed by atoms with van der Waals surface area (Å²) in [6.45, 7) is 6.41. The van der Waals surface area contributed by atoms with Gasteiger partial charge in [0.15, 0.2) is 17.7 Å². The number of nitrogens with two attached hydrogens (primary N) is 2. The Morgan fingerprint density at radius 1 is 1.21 bits per heavy atom. The molecular formula is C9H14N2O3. The van der Waals surface area contributed by atoms with Crippen LogP contribution in [0.3, 0.4) is 0 Å². The van der Waals surface area contributed by atoms with E-state index >= 15 is 0 Å². The normalized spacial score (nSPS) is 10.3. The fourth-order valence-electron chi connectivity index (χ4n) is 0.726. The Morgan fingerprint density at radius 2 is 1.64 bits per heavy atom. The smallest absolute Gasteiger partial charge is 0.191 e. The van der Waals surface area contributed by atoms with Crippen LogP contribution in [0, 0.1) is 0 Å². The average molecular weight is 198 g/mol. The lowest BCUT2D eigenvalue weighted by Gasteiger charge is -2.13. The third-order valence-electron chi connectivity index (χ3n) is 1.37. The minimum Gasteiger partial charge on any atom is -0.359 e. The van der Waals surface area contributed by atoms with E-state index in [4.69, 9.17) is 16.2 Å². The molecule has 0 atom stereocenters. The zero-order valence-electron chi connectivity index (χ0n) is 7.81. The van der Waals surface area contributed by atoms with Crippen molar-refractivity contribution in [2.45, 2.75) is 12.3 Å². The van der Waals surface area contributed by atoms with Gasteiger partial charge in [0.25, 0.3) is 0 Å². The molecule has 0 rings (SSSR count). The first-order valence-corrected chi connectivity index (χ1v) is 3.98. The first kappa shape index (κ1) is 12.7. The molecule has 0 spiro atoms. The van der Waals surface area contributed by atoms with Gasteiger partial charge in [0.05, 0.1) is 12.8 Å². The third kappa shape index (κ3) is 4.08. The van der Waals surface area contributed by atoms with Gasteiger partial charge in [0.2, 0.25) is 0 Å². The minimum absolute atomic E-state index is 0.0795. The summed E-state index contributed by atoms with van der Waals surface area (Å²) >= 11 is 0. The molecule has 0 aromatic heterocycles. The molecular weight excluding hydrogens is 184 g/mol. The van der Waals surface area contributed by atoms with Crippen LogP contribution in [0.1, 0.15) is 0 Å². The molecule has 0 amide bonds. The summed E-state index contributed by atoms with van der Waals surface area (Å²) in [5.74, 6) is -1.06. The Morgan fingerprint density at radius 3 is 1.93 bits per heavy atom. The lowest BCUT2D eigenvalue weighted by Crippen LogP contribution is -2.40. The monoisotopic (exact) mass is 198 g/mol. The second-order valence-electron chi connectivity index (χ2n) is 2.59. The highest BCUT2D eigenvalue weighted by atomic mass is 16.5. The molecule has 5 nitrogen and oxygen atoms in total. The summed E-state index contributed by atoms with van der Waals surface area (Å²) in [7, 11) is 0. The van der Waals surface area contributed by atoms with Crippen LogP contribution in [0.5, 0.6) is 0 Å². The predicted octanol–water partition coefficient (Wildman–Crippen LogP) is -0.875. The van der Waals surface area contributed by atoms with Gasteiger partial charge >= 0.3 is 0 Å². The van der Waals surface area contributed by atoms with Gasteiger partial charge in [-0.1, -0.05) is 13.2 Å². The second-order valence-corrected chi connectivity index (χ2v) is 2.59. The third-order valence-corrected chi connectivity index (χ3v) is 1.37. The quantitative estimate of drug-likeness (QED) is 0.315. The van der Waals surface area contributed by atoms with Gasteiger partial charge in [-0.2, -0.15) is 0 Å². The van der Waals surface area contributed by atoms with Crippen molar-refractivity contribution in [1.82, 2.24) is 0 Å². The zero-order valence-corrected chi connectivity index (χ0v) is 7.81. The summed E-state index contributed by atoms with van der Waals surface area (Å²) in [6, 6.07) is 0. The van der Waals surface area contributed by atoms with Crippen LogP contribution < -0.4 is 11.5 Å². The molecule has 0 aromatic carbocycles. The van der Waals surface area contributed by atoms with Gasteiger partial charge in [-0.15, -0.1) is 0 Å². The number of hydrogen-bond acceptors (Lipinski definition) is 5. The molecule has 0 aliphatic heterocycles. The molecule has 78 valence electrons. The van der Waals surface area contributed by atoms with E-state index in [9.17, 15) is 9.59 Å². The maximum Gasteiger partial charge on any atom is 0.191 e. The van der Waals surface area contributed by atoms with Crippen molar-refractivity contribution in [3.05, 3.63) is 25.3 Å². The Hall–Kier alpha value is -1.30. The van der Waals surface area contributed by atoms with Gasteiger partial charge < -0.3 is 16.2 Å². The molecule has 0 heterocycles. The molecule has 4 N–H and O–H groups in total. The van der Waals surface area contributed by atoms with Crippen molar-refractivity contribution >= 4 is 11.6 Å². The van der Waals surface area contributed by atoms with Crippen molar-refractivity contribution in [1.29, 1.82) is 0 Å². The van der Waals surface area contributed by atoms with Crippen LogP contribution in [0.25, 0.3) is 0 Å². The number of carbonyl (C=O) groups excluding carboxylic acids is 2. The molecule has 0 aliphatic rings. The van der Waals surface area contributed by atoms with Crippen molar-refractivity contribution < 1.29 is 14.3 Å². The van der Waals surface area contributed by atoms with Gasteiger partial charge in [0, 0.05) is 0 Å². The summed E-state index contributed by atoms with van der Waals surface area (Å²) in [6.07, 6.45) is 0.0645. The molecule has 0 aromatic rings. The van der Waals surface area contributed by atoms with Crippen LogP contribution >= 0.6 is 0 Å². The highest BCUT2D eigenvalue weighted by Gasteiger charge is 2.22. The maximum atomic E-state index is 11.1. The van der Waals surface area contributed by atoms with E-state index < -0.39 is 23.8 Å². The lowest BCUT2D eigenvalue weighted by atomic mass is 10.1. The Labute approximate surface area is 82.4 Å². The molecule has 0 aliphatic carbocycles. The van der Waals surface area contributed by atoms with Gasteiger partial charge in [-0.3, -0.25) is 9.59 Å². The number of hydrogen-bond donors (Lipinski definition) is 2. The first-order chi connectivity index (χ1) is 6.52. The Bertz CT molecular complexity index is 228. The van der Waals surface area contributed by atoms with Gasteiger partial charge in [-0.25, -0.2) is 0 Å². The van der Waals surface area contributed by atoms with E-state index in [0.29, 0.717) is 0 Å². The SMILES string of the molecule is C=CC(=O)C(OCC(N)N)C(=O)C=C. The Balaban J connectivity index is 4.40. The molecule has 0 bridgehead atoms. The minimum atomic E-state index is -1.22. The highest BCUT2D eigenvalue weighted by Crippen LogP contribution is 1.98. The molecule has 0 saturated heterocycles. The maximum absolute atomic E-state index is 11.1. The summed E-state index contributed by atoms with van der Waals surface area (Å²) in [5.41, 5.74) is 10.4. The molecule has 0 fully saturated rings. The summed E-state index contributed by atoms with van der Waals surface area (Å²) in [5, 5.41) is 0. The Kier molecular flexibility index (Phi) is 5.62. The predicted molar refractivity (Wildman–Crippen MR) is 52.3 cm³/mol. The van der Waals surface area contributed by atoms with Crippen molar-refractivity contribution in [3.63, 3.8) is 0 Å². The highest BCUT2D eigenvalue weighted by molar-refractivity contribution is 6.13. The van der Waals surface area contributed by atoms with E-state index in [1.54, 1.807) is 0 Å². The molecule has 0 unspecified atom stereocenters. The zero-order chi connectivity index (χ0) is 11.1.